The summed E-state index contributed by atoms with van der Waals surface area (Å²) in [6, 6.07) is 115. The maximum Gasteiger partial charge on any atom is 0.145 e. The lowest BCUT2D eigenvalue weighted by Crippen LogP contribution is -2.10. The van der Waals surface area contributed by atoms with E-state index in [2.05, 4.69) is 325 Å². The Morgan fingerprint density at radius 3 is 1.30 bits per heavy atom. The minimum absolute atomic E-state index is 0.141. The molecular weight excluding hydrogens is 979 g/mol. The van der Waals surface area contributed by atoms with Gasteiger partial charge in [-0.25, -0.2) is 4.98 Å². The topological polar surface area (TPSA) is 21.1 Å². The van der Waals surface area contributed by atoms with Crippen molar-refractivity contribution in [1.29, 1.82) is 0 Å². The van der Waals surface area contributed by atoms with Gasteiger partial charge in [0.25, 0.3) is 0 Å². The Hall–Kier alpha value is -10.6. The molecule has 380 valence electrons. The smallest absolute Gasteiger partial charge is 0.145 e. The fourth-order valence-electron chi connectivity index (χ4n) is 12.4. The lowest BCUT2D eigenvalue weighted by Gasteiger charge is -2.27. The highest BCUT2D eigenvalue weighted by molar-refractivity contribution is 6.21. The number of fused-ring (bicyclic) bond motifs is 5. The SMILES string of the molecule is c1ccc(C(c2ccccc2)c2ccc(-c3ccc(N(c4ccc(-c5nc6c(-c7ccc8ccccc8c7)c7ccccc7c(-c7ccc8ccccc8c7)c6n5-c5ccccc5)cc4)c4cccc5ccccc45)cc3)cc2)cc1. The summed E-state index contributed by atoms with van der Waals surface area (Å²) < 4.78 is 2.41. The molecule has 0 atom stereocenters. The normalized spacial score (nSPS) is 11.6. The molecule has 0 aliphatic rings. The average Bonchev–Trinajstić information content (AvgIpc) is 4.20. The maximum atomic E-state index is 5.88. The maximum absolute atomic E-state index is 5.88. The first-order valence-electron chi connectivity index (χ1n) is 27.9. The van der Waals surface area contributed by atoms with E-state index in [1.54, 1.807) is 0 Å². The molecule has 0 fully saturated rings. The second-order valence-electron chi connectivity index (χ2n) is 21.0. The van der Waals surface area contributed by atoms with Crippen molar-refractivity contribution in [1.82, 2.24) is 9.55 Å². The Bertz CT molecular complexity index is 4730. The number of imidazole rings is 1. The summed E-state index contributed by atoms with van der Waals surface area (Å²) in [6.07, 6.45) is 0. The molecule has 0 radical (unpaired) electrons. The molecular formula is C78H53N3. The molecule has 0 saturated heterocycles. The molecule has 15 rings (SSSR count). The van der Waals surface area contributed by atoms with Gasteiger partial charge in [-0.1, -0.05) is 249 Å². The third-order valence-corrected chi connectivity index (χ3v) is 16.3. The Balaban J connectivity index is 0.887. The van der Waals surface area contributed by atoms with Gasteiger partial charge in [0, 0.05) is 45.1 Å². The summed E-state index contributed by atoms with van der Waals surface area (Å²) in [5.41, 5.74) is 18.0. The summed E-state index contributed by atoms with van der Waals surface area (Å²) in [5, 5.41) is 9.51. The number of hydrogen-bond acceptors (Lipinski definition) is 2. The van der Waals surface area contributed by atoms with E-state index in [9.17, 15) is 0 Å². The number of benzene rings is 14. The number of hydrogen-bond donors (Lipinski definition) is 0. The van der Waals surface area contributed by atoms with Crippen molar-refractivity contribution < 1.29 is 0 Å². The van der Waals surface area contributed by atoms with E-state index in [0.717, 1.165) is 78.4 Å². The fourth-order valence-corrected chi connectivity index (χ4v) is 12.4. The molecule has 81 heavy (non-hydrogen) atoms. The van der Waals surface area contributed by atoms with Crippen LogP contribution in [0.3, 0.4) is 0 Å². The molecule has 14 aromatic carbocycles. The molecule has 0 unspecified atom stereocenters. The zero-order valence-electron chi connectivity index (χ0n) is 44.4. The molecule has 0 bridgehead atoms. The van der Waals surface area contributed by atoms with E-state index in [-0.39, 0.29) is 5.92 Å². The number of anilines is 3. The van der Waals surface area contributed by atoms with Crippen LogP contribution in [0.15, 0.2) is 315 Å². The zero-order chi connectivity index (χ0) is 53.6. The van der Waals surface area contributed by atoms with Gasteiger partial charge in [-0.2, -0.15) is 0 Å². The lowest BCUT2D eigenvalue weighted by molar-refractivity contribution is 0.978. The van der Waals surface area contributed by atoms with Crippen LogP contribution in [0.25, 0.3) is 105 Å². The van der Waals surface area contributed by atoms with E-state index in [4.69, 9.17) is 4.98 Å². The highest BCUT2D eigenvalue weighted by atomic mass is 15.1. The van der Waals surface area contributed by atoms with Crippen LogP contribution in [-0.2, 0) is 0 Å². The number of para-hydroxylation sites is 1. The van der Waals surface area contributed by atoms with Crippen molar-refractivity contribution in [2.45, 2.75) is 5.92 Å². The van der Waals surface area contributed by atoms with Gasteiger partial charge in [0.05, 0.1) is 16.7 Å². The first-order chi connectivity index (χ1) is 40.2. The molecule has 3 heteroatoms. The van der Waals surface area contributed by atoms with Gasteiger partial charge in [0.15, 0.2) is 0 Å². The molecule has 15 aromatic rings. The third-order valence-electron chi connectivity index (χ3n) is 16.3. The van der Waals surface area contributed by atoms with Crippen LogP contribution in [0.1, 0.15) is 22.6 Å². The molecule has 0 saturated carbocycles. The Morgan fingerprint density at radius 2 is 0.716 bits per heavy atom. The predicted molar refractivity (Wildman–Crippen MR) is 341 cm³/mol. The zero-order valence-corrected chi connectivity index (χ0v) is 44.4. The first-order valence-corrected chi connectivity index (χ1v) is 27.9. The minimum atomic E-state index is 0.141. The van der Waals surface area contributed by atoms with Crippen molar-refractivity contribution in [3.05, 3.63) is 332 Å². The fraction of sp³-hybridized carbons (Fsp3) is 0.0128. The summed E-state index contributed by atoms with van der Waals surface area (Å²) in [6.45, 7) is 0. The number of aromatic nitrogens is 2. The second-order valence-corrected chi connectivity index (χ2v) is 21.0. The van der Waals surface area contributed by atoms with Crippen LogP contribution >= 0.6 is 0 Å². The van der Waals surface area contributed by atoms with Crippen LogP contribution in [0.4, 0.5) is 17.1 Å². The van der Waals surface area contributed by atoms with Crippen molar-refractivity contribution in [2.24, 2.45) is 0 Å². The first kappa shape index (κ1) is 47.6. The van der Waals surface area contributed by atoms with E-state index >= 15 is 0 Å². The molecule has 0 amide bonds. The monoisotopic (exact) mass is 1030 g/mol. The van der Waals surface area contributed by atoms with Crippen LogP contribution in [-0.4, -0.2) is 9.55 Å². The van der Waals surface area contributed by atoms with Gasteiger partial charge in [0.1, 0.15) is 5.82 Å². The van der Waals surface area contributed by atoms with Gasteiger partial charge < -0.3 is 4.90 Å². The average molecular weight is 1030 g/mol. The van der Waals surface area contributed by atoms with Crippen molar-refractivity contribution in [3.63, 3.8) is 0 Å². The number of rotatable bonds is 11. The van der Waals surface area contributed by atoms with Crippen molar-refractivity contribution >= 4 is 71.2 Å². The van der Waals surface area contributed by atoms with Crippen molar-refractivity contribution in [2.75, 3.05) is 4.90 Å². The molecule has 0 aliphatic heterocycles. The lowest BCUT2D eigenvalue weighted by atomic mass is 9.84. The van der Waals surface area contributed by atoms with E-state index in [0.29, 0.717) is 0 Å². The third kappa shape index (κ3) is 8.60. The van der Waals surface area contributed by atoms with E-state index in [1.807, 2.05) is 0 Å². The molecule has 0 aliphatic carbocycles. The van der Waals surface area contributed by atoms with E-state index in [1.165, 1.54) is 60.0 Å². The van der Waals surface area contributed by atoms with Crippen LogP contribution < -0.4 is 4.90 Å². The molecule has 3 nitrogen and oxygen atoms in total. The number of nitrogens with zero attached hydrogens (tertiary/aromatic N) is 3. The highest BCUT2D eigenvalue weighted by Crippen LogP contribution is 2.48. The molecule has 0 spiro atoms. The van der Waals surface area contributed by atoms with Crippen LogP contribution in [0, 0.1) is 0 Å². The standard InChI is InChI=1S/C78H53N3/c1-4-22-58(23-5-1)73(59-24-6-2-7-25-59)60-39-35-55(36-40-60)56-43-47-67(48-44-56)80(72-34-18-28-57-21-14-15-31-69(57)72)68-49-45-61(46-50-68)78-79-76-74(64-41-37-53-19-10-12-26-62(53)51-64)70-32-16-17-33-71(70)75(77(76)81(78)66-29-8-3-9-30-66)65-42-38-54-20-11-13-27-63(54)52-65/h1-52,73H. The molecule has 1 aromatic heterocycles. The highest BCUT2D eigenvalue weighted by Gasteiger charge is 2.26. The quantitative estimate of drug-likeness (QED) is 0.120. The Kier molecular flexibility index (Phi) is 11.9. The summed E-state index contributed by atoms with van der Waals surface area (Å²) in [5.74, 6) is 1.01. The van der Waals surface area contributed by atoms with Gasteiger partial charge >= 0.3 is 0 Å². The Labute approximate surface area is 471 Å². The predicted octanol–water partition coefficient (Wildman–Crippen LogP) is 21.0. The molecule has 0 N–H and O–H groups in total. The second kappa shape index (κ2) is 20.3. The van der Waals surface area contributed by atoms with Crippen molar-refractivity contribution in [3.8, 4) is 50.5 Å². The van der Waals surface area contributed by atoms with Gasteiger partial charge in [-0.15, -0.1) is 0 Å². The summed E-state index contributed by atoms with van der Waals surface area (Å²) in [4.78, 5) is 8.27. The molecule has 1 heterocycles. The van der Waals surface area contributed by atoms with Gasteiger partial charge in [-0.05, 0) is 143 Å². The summed E-state index contributed by atoms with van der Waals surface area (Å²) in [7, 11) is 0. The van der Waals surface area contributed by atoms with E-state index < -0.39 is 0 Å². The van der Waals surface area contributed by atoms with Crippen LogP contribution in [0.2, 0.25) is 0 Å². The largest absolute Gasteiger partial charge is 0.310 e. The van der Waals surface area contributed by atoms with Crippen LogP contribution in [0.5, 0.6) is 0 Å². The Morgan fingerprint density at radius 1 is 0.296 bits per heavy atom. The van der Waals surface area contributed by atoms with Gasteiger partial charge in [-0.3, -0.25) is 4.57 Å². The minimum Gasteiger partial charge on any atom is -0.310 e. The summed E-state index contributed by atoms with van der Waals surface area (Å²) >= 11 is 0. The van der Waals surface area contributed by atoms with Gasteiger partial charge in [0.2, 0.25) is 0 Å².